The number of carbonyl (C=O) groups is 1. The molecule has 0 fully saturated rings. The number of hydrogen-bond acceptors (Lipinski definition) is 4. The first-order chi connectivity index (χ1) is 12.7. The van der Waals surface area contributed by atoms with Crippen LogP contribution in [0.1, 0.15) is 39.0 Å². The third-order valence-electron chi connectivity index (χ3n) is 3.19. The van der Waals surface area contributed by atoms with E-state index in [2.05, 4.69) is 19.4 Å². The Morgan fingerprint density at radius 1 is 0.862 bits per heavy atom. The van der Waals surface area contributed by atoms with Crippen LogP contribution >= 0.6 is 0 Å². The minimum Gasteiger partial charge on any atom is -0.743 e. The van der Waals surface area contributed by atoms with Gasteiger partial charge in [-0.05, 0) is 17.3 Å². The van der Waals surface area contributed by atoms with Gasteiger partial charge in [-0.2, -0.15) is 39.5 Å². The second-order valence-electron chi connectivity index (χ2n) is 6.10. The van der Waals surface area contributed by atoms with E-state index in [1.54, 1.807) is 0 Å². The largest absolute Gasteiger partial charge is 0.743 e. The molecule has 0 N–H and O–H groups in total. The fourth-order valence-corrected chi connectivity index (χ4v) is 2.89. The highest BCUT2D eigenvalue weighted by molar-refractivity contribution is 7.96. The van der Waals surface area contributed by atoms with Crippen molar-refractivity contribution in [2.24, 2.45) is 0 Å². The standard InChI is InChI=1S/C10H21OS.C4HF9O3S/c1-4-5-6-7-8-10(11)9-12(2)3;5-1(6,3(9,10)11)2(7,8)4(12,13)17(14,15)16/h4-9H2,1-3H3;(H,14,15,16)/q+1;/p-1. The van der Waals surface area contributed by atoms with Gasteiger partial charge in [0.2, 0.25) is 0 Å². The summed E-state index contributed by atoms with van der Waals surface area (Å²) >= 11 is 0. The van der Waals surface area contributed by atoms with Gasteiger partial charge in [0.15, 0.2) is 21.7 Å². The summed E-state index contributed by atoms with van der Waals surface area (Å²) in [5.41, 5.74) is 0. The van der Waals surface area contributed by atoms with Crippen LogP contribution in [0.15, 0.2) is 0 Å². The summed E-state index contributed by atoms with van der Waals surface area (Å²) in [6, 6.07) is 0. The fourth-order valence-electron chi connectivity index (χ4n) is 1.66. The molecule has 29 heavy (non-hydrogen) atoms. The smallest absolute Gasteiger partial charge is 0.460 e. The van der Waals surface area contributed by atoms with Gasteiger partial charge in [0, 0.05) is 6.42 Å². The lowest BCUT2D eigenvalue weighted by Gasteiger charge is -2.34. The average Bonchev–Trinajstić information content (AvgIpc) is 2.49. The number of carbonyl (C=O) groups excluding carboxylic acids is 1. The molecule has 0 aliphatic carbocycles. The van der Waals surface area contributed by atoms with E-state index in [1.165, 1.54) is 19.3 Å². The molecule has 15 heteroatoms. The summed E-state index contributed by atoms with van der Waals surface area (Å²) in [7, 11) is -7.12. The summed E-state index contributed by atoms with van der Waals surface area (Å²) in [5, 5.41) is -7.11. The third-order valence-corrected chi connectivity index (χ3v) is 4.97. The fraction of sp³-hybridized carbons (Fsp3) is 0.929. The molecule has 0 saturated carbocycles. The van der Waals surface area contributed by atoms with E-state index in [-0.39, 0.29) is 0 Å². The molecule has 0 aliphatic heterocycles. The molecule has 0 aromatic heterocycles. The molecular weight excluding hydrogens is 467 g/mol. The first kappa shape index (κ1) is 30.5. The summed E-state index contributed by atoms with van der Waals surface area (Å²) in [4.78, 5) is 11.2. The van der Waals surface area contributed by atoms with E-state index in [0.29, 0.717) is 16.7 Å². The predicted octanol–water partition coefficient (Wildman–Crippen LogP) is 4.36. The van der Waals surface area contributed by atoms with Crippen LogP contribution < -0.4 is 0 Å². The molecule has 0 spiro atoms. The lowest BCUT2D eigenvalue weighted by atomic mass is 10.1. The van der Waals surface area contributed by atoms with Gasteiger partial charge in [-0.3, -0.25) is 4.79 Å². The molecule has 0 heterocycles. The summed E-state index contributed by atoms with van der Waals surface area (Å²) < 4.78 is 135. The molecule has 0 aliphatic rings. The van der Waals surface area contributed by atoms with Crippen molar-refractivity contribution in [1.82, 2.24) is 0 Å². The van der Waals surface area contributed by atoms with Crippen molar-refractivity contribution in [3.8, 4) is 0 Å². The zero-order chi connectivity index (χ0) is 23.9. The van der Waals surface area contributed by atoms with Crippen LogP contribution in [0, 0.1) is 0 Å². The minimum absolute atomic E-state index is 0.298. The summed E-state index contributed by atoms with van der Waals surface area (Å²) in [6.45, 7) is 2.19. The lowest BCUT2D eigenvalue weighted by molar-refractivity contribution is -0.382. The molecule has 4 nitrogen and oxygen atoms in total. The number of alkyl halides is 9. The number of unbranched alkanes of at least 4 members (excludes halogenated alkanes) is 3. The van der Waals surface area contributed by atoms with Crippen molar-refractivity contribution in [2.75, 3.05) is 18.3 Å². The second kappa shape index (κ2) is 11.1. The van der Waals surface area contributed by atoms with Crippen LogP contribution in [0.4, 0.5) is 39.5 Å². The van der Waals surface area contributed by atoms with Gasteiger partial charge in [0.05, 0.1) is 12.5 Å². The topological polar surface area (TPSA) is 74.3 Å². The summed E-state index contributed by atoms with van der Waals surface area (Å²) in [5.74, 6) is -13.6. The molecule has 0 aromatic carbocycles. The van der Waals surface area contributed by atoms with Crippen LogP contribution in [0.3, 0.4) is 0 Å². The molecule has 0 atom stereocenters. The van der Waals surface area contributed by atoms with Gasteiger partial charge in [-0.15, -0.1) is 0 Å². The molecule has 176 valence electrons. The Morgan fingerprint density at radius 2 is 1.31 bits per heavy atom. The van der Waals surface area contributed by atoms with E-state index in [1.807, 2.05) is 0 Å². The van der Waals surface area contributed by atoms with Crippen molar-refractivity contribution in [2.45, 2.75) is 62.3 Å². The quantitative estimate of drug-likeness (QED) is 0.198. The number of ketones is 1. The van der Waals surface area contributed by atoms with Gasteiger partial charge >= 0.3 is 23.3 Å². The van der Waals surface area contributed by atoms with Crippen molar-refractivity contribution in [3.63, 3.8) is 0 Å². The molecule has 0 amide bonds. The third kappa shape index (κ3) is 8.52. The van der Waals surface area contributed by atoms with Crippen molar-refractivity contribution in [3.05, 3.63) is 0 Å². The predicted molar refractivity (Wildman–Crippen MR) is 88.4 cm³/mol. The molecular formula is C14H21F9O4S2. The Morgan fingerprint density at radius 3 is 1.62 bits per heavy atom. The van der Waals surface area contributed by atoms with Crippen LogP contribution in [0.25, 0.3) is 0 Å². The average molecular weight is 488 g/mol. The van der Waals surface area contributed by atoms with E-state index < -0.39 is 33.4 Å². The van der Waals surface area contributed by atoms with Gasteiger partial charge in [-0.1, -0.05) is 26.2 Å². The normalized spacial score (nSPS) is 13.9. The van der Waals surface area contributed by atoms with E-state index in [0.717, 1.165) is 18.6 Å². The number of Topliss-reactive ketones (excluding diaryl/α,β-unsaturated/α-hetero) is 1. The Balaban J connectivity index is 0. The monoisotopic (exact) mass is 488 g/mol. The number of halogens is 9. The minimum atomic E-state index is -7.43. The first-order valence-electron chi connectivity index (χ1n) is 7.88. The Labute approximate surface area is 165 Å². The van der Waals surface area contributed by atoms with Crippen molar-refractivity contribution >= 4 is 26.8 Å². The van der Waals surface area contributed by atoms with Gasteiger partial charge in [-0.25, -0.2) is 8.42 Å². The highest BCUT2D eigenvalue weighted by atomic mass is 32.2. The highest BCUT2D eigenvalue weighted by Gasteiger charge is 2.83. The van der Waals surface area contributed by atoms with Crippen LogP contribution in [-0.4, -0.2) is 60.3 Å². The molecule has 0 rings (SSSR count). The maximum Gasteiger partial charge on any atom is 0.460 e. The van der Waals surface area contributed by atoms with Crippen LogP contribution in [0.5, 0.6) is 0 Å². The molecule has 0 radical (unpaired) electrons. The van der Waals surface area contributed by atoms with Gasteiger partial charge in [0.25, 0.3) is 0 Å². The van der Waals surface area contributed by atoms with Gasteiger partial charge in [0.1, 0.15) is 0 Å². The van der Waals surface area contributed by atoms with E-state index in [4.69, 9.17) is 0 Å². The molecule has 0 bridgehead atoms. The van der Waals surface area contributed by atoms with Crippen molar-refractivity contribution in [1.29, 1.82) is 0 Å². The molecule has 0 aromatic rings. The van der Waals surface area contributed by atoms with E-state index >= 15 is 0 Å². The maximum absolute atomic E-state index is 12.2. The molecule has 0 saturated heterocycles. The second-order valence-corrected chi connectivity index (χ2v) is 9.78. The zero-order valence-electron chi connectivity index (χ0n) is 15.6. The lowest BCUT2D eigenvalue weighted by Crippen LogP contribution is -2.63. The molecule has 0 unspecified atom stereocenters. The Kier molecular flexibility index (Phi) is 11.6. The highest BCUT2D eigenvalue weighted by Crippen LogP contribution is 2.54. The summed E-state index contributed by atoms with van der Waals surface area (Å²) in [6.07, 6.45) is 2.76. The zero-order valence-corrected chi connectivity index (χ0v) is 17.2. The Hall–Kier alpha value is -0.700. The SMILES string of the molecule is CCCCCCC(=O)C[S+](C)C.O=S(=O)([O-])C(F)(F)C(F)(F)C(F)(F)C(F)(F)F. The number of rotatable bonds is 10. The Bertz CT molecular complexity index is 617. The van der Waals surface area contributed by atoms with Crippen LogP contribution in [0.2, 0.25) is 0 Å². The van der Waals surface area contributed by atoms with Gasteiger partial charge < -0.3 is 4.55 Å². The first-order valence-corrected chi connectivity index (χ1v) is 11.5. The van der Waals surface area contributed by atoms with E-state index in [9.17, 15) is 57.3 Å². The van der Waals surface area contributed by atoms with Crippen molar-refractivity contribution < 1.29 is 57.3 Å². The van der Waals surface area contributed by atoms with Crippen LogP contribution in [-0.2, 0) is 25.8 Å². The maximum atomic E-state index is 12.2. The number of hydrogen-bond donors (Lipinski definition) is 0.